The van der Waals surface area contributed by atoms with E-state index >= 15 is 0 Å². The molecule has 0 aliphatic rings. The molecule has 172 valence electrons. The number of nitrogens with zero attached hydrogens (tertiary/aromatic N) is 1. The molecule has 5 nitrogen and oxygen atoms in total. The zero-order valence-electron chi connectivity index (χ0n) is 17.8. The van der Waals surface area contributed by atoms with Gasteiger partial charge in [-0.2, -0.15) is 5.10 Å². The van der Waals surface area contributed by atoms with Crippen molar-refractivity contribution in [2.75, 3.05) is 7.11 Å². The number of carbonyl (C=O) groups is 1. The molecule has 1 N–H and O–H groups in total. The van der Waals surface area contributed by atoms with Crippen LogP contribution in [-0.2, 0) is 11.4 Å². The van der Waals surface area contributed by atoms with Gasteiger partial charge >= 0.3 is 0 Å². The summed E-state index contributed by atoms with van der Waals surface area (Å²) in [5, 5.41) is 4.75. The summed E-state index contributed by atoms with van der Waals surface area (Å²) < 4.78 is 12.1. The lowest BCUT2D eigenvalue weighted by Gasteiger charge is -2.14. The van der Waals surface area contributed by atoms with E-state index in [1.807, 2.05) is 49.4 Å². The predicted molar refractivity (Wildman–Crippen MR) is 139 cm³/mol. The second kappa shape index (κ2) is 12.3. The predicted octanol–water partition coefficient (Wildman–Crippen LogP) is 6.97. The van der Waals surface area contributed by atoms with Crippen LogP contribution in [-0.4, -0.2) is 24.5 Å². The van der Waals surface area contributed by atoms with Gasteiger partial charge in [0.25, 0.3) is 5.91 Å². The maximum atomic E-state index is 12.3. The van der Waals surface area contributed by atoms with Gasteiger partial charge in [-0.15, -0.1) is 11.8 Å². The zero-order valence-corrected chi connectivity index (χ0v) is 21.8. The number of thioether (sulfide) groups is 1. The number of carbonyl (C=O) groups excluding carboxylic acids is 1. The largest absolute Gasteiger partial charge is 0.493 e. The molecular formula is C24H21BrCl2N2O3S. The maximum absolute atomic E-state index is 12.3. The van der Waals surface area contributed by atoms with Gasteiger partial charge in [-0.3, -0.25) is 4.79 Å². The van der Waals surface area contributed by atoms with Crippen molar-refractivity contribution in [1.29, 1.82) is 0 Å². The molecule has 0 bridgehead atoms. The van der Waals surface area contributed by atoms with Gasteiger partial charge in [0.15, 0.2) is 11.5 Å². The first-order valence-electron chi connectivity index (χ1n) is 9.86. The normalized spacial score (nSPS) is 11.9. The number of hydrazone groups is 1. The molecule has 1 atom stereocenters. The summed E-state index contributed by atoms with van der Waals surface area (Å²) in [6.45, 7) is 2.12. The topological polar surface area (TPSA) is 59.9 Å². The molecule has 0 fully saturated rings. The van der Waals surface area contributed by atoms with Gasteiger partial charge in [0.2, 0.25) is 0 Å². The molecule has 0 saturated heterocycles. The molecule has 0 aliphatic carbocycles. The van der Waals surface area contributed by atoms with Crippen molar-refractivity contribution in [3.05, 3.63) is 86.3 Å². The highest BCUT2D eigenvalue weighted by Crippen LogP contribution is 2.37. The third kappa shape index (κ3) is 7.40. The lowest BCUT2D eigenvalue weighted by atomic mass is 10.2. The van der Waals surface area contributed by atoms with Gasteiger partial charge in [0.1, 0.15) is 6.61 Å². The number of benzene rings is 3. The third-order valence-electron chi connectivity index (χ3n) is 4.43. The second-order valence-corrected chi connectivity index (χ2v) is 9.96. The lowest BCUT2D eigenvalue weighted by molar-refractivity contribution is -0.120. The molecule has 0 spiro atoms. The first kappa shape index (κ1) is 25.4. The van der Waals surface area contributed by atoms with Crippen LogP contribution in [0.15, 0.2) is 75.1 Å². The summed E-state index contributed by atoms with van der Waals surface area (Å²) in [5.74, 6) is 0.871. The maximum Gasteiger partial charge on any atom is 0.253 e. The Kier molecular flexibility index (Phi) is 9.50. The van der Waals surface area contributed by atoms with Crippen LogP contribution < -0.4 is 14.9 Å². The van der Waals surface area contributed by atoms with Crippen LogP contribution in [0.3, 0.4) is 0 Å². The molecule has 0 heterocycles. The van der Waals surface area contributed by atoms with E-state index in [9.17, 15) is 4.79 Å². The summed E-state index contributed by atoms with van der Waals surface area (Å²) in [6, 6.07) is 18.7. The fourth-order valence-electron chi connectivity index (χ4n) is 2.76. The number of amides is 1. The number of hydrogen-bond acceptors (Lipinski definition) is 5. The molecule has 3 aromatic carbocycles. The fraction of sp³-hybridized carbons (Fsp3) is 0.167. The molecular weight excluding hydrogens is 547 g/mol. The highest BCUT2D eigenvalue weighted by molar-refractivity contribution is 9.10. The summed E-state index contributed by atoms with van der Waals surface area (Å²) in [4.78, 5) is 13.4. The Hall–Kier alpha value is -2.19. The van der Waals surface area contributed by atoms with Crippen molar-refractivity contribution in [2.24, 2.45) is 5.10 Å². The van der Waals surface area contributed by atoms with E-state index in [-0.39, 0.29) is 17.8 Å². The van der Waals surface area contributed by atoms with Crippen molar-refractivity contribution in [3.63, 3.8) is 0 Å². The number of nitrogens with one attached hydrogen (secondary N) is 1. The van der Waals surface area contributed by atoms with Crippen molar-refractivity contribution >= 4 is 63.0 Å². The highest BCUT2D eigenvalue weighted by Gasteiger charge is 2.14. The number of rotatable bonds is 9. The van der Waals surface area contributed by atoms with Crippen LogP contribution in [0.4, 0.5) is 0 Å². The van der Waals surface area contributed by atoms with Gasteiger partial charge in [-0.05, 0) is 70.4 Å². The molecule has 3 rings (SSSR count). The van der Waals surface area contributed by atoms with Crippen LogP contribution in [0.1, 0.15) is 18.1 Å². The molecule has 0 aliphatic heterocycles. The number of halogens is 3. The minimum atomic E-state index is -0.289. The van der Waals surface area contributed by atoms with E-state index < -0.39 is 0 Å². The van der Waals surface area contributed by atoms with Gasteiger partial charge in [-0.25, -0.2) is 5.43 Å². The van der Waals surface area contributed by atoms with E-state index in [2.05, 4.69) is 26.5 Å². The van der Waals surface area contributed by atoms with Crippen LogP contribution in [0.2, 0.25) is 10.0 Å². The van der Waals surface area contributed by atoms with E-state index in [1.54, 1.807) is 31.5 Å². The summed E-state index contributed by atoms with van der Waals surface area (Å²) in [5.41, 5.74) is 4.17. The molecule has 0 aromatic heterocycles. The quantitative estimate of drug-likeness (QED) is 0.172. The Morgan fingerprint density at radius 3 is 2.61 bits per heavy atom. The SMILES string of the molecule is COc1cc(/C=N\NC(=O)[C@H](C)Sc2ccccc2)cc(Br)c1OCc1ccc(Cl)c(Cl)c1. The Bertz CT molecular complexity index is 1150. The van der Waals surface area contributed by atoms with Crippen LogP contribution in [0, 0.1) is 0 Å². The monoisotopic (exact) mass is 566 g/mol. The highest BCUT2D eigenvalue weighted by atomic mass is 79.9. The Morgan fingerprint density at radius 2 is 1.91 bits per heavy atom. The minimum absolute atomic E-state index is 0.187. The molecule has 3 aromatic rings. The smallest absolute Gasteiger partial charge is 0.253 e. The lowest BCUT2D eigenvalue weighted by Crippen LogP contribution is -2.26. The van der Waals surface area contributed by atoms with Crippen molar-refractivity contribution in [3.8, 4) is 11.5 Å². The number of methoxy groups -OCH3 is 1. The van der Waals surface area contributed by atoms with E-state index in [0.717, 1.165) is 16.0 Å². The molecule has 1 amide bonds. The second-order valence-electron chi connectivity index (χ2n) is 6.88. The van der Waals surface area contributed by atoms with Gasteiger partial charge in [0, 0.05) is 4.90 Å². The average molecular weight is 568 g/mol. The third-order valence-corrected chi connectivity index (χ3v) is 6.87. The Morgan fingerprint density at radius 1 is 1.15 bits per heavy atom. The van der Waals surface area contributed by atoms with E-state index in [4.69, 9.17) is 32.7 Å². The van der Waals surface area contributed by atoms with Gasteiger partial charge in [-0.1, -0.05) is 47.5 Å². The molecule has 33 heavy (non-hydrogen) atoms. The first-order valence-corrected chi connectivity index (χ1v) is 12.3. The van der Waals surface area contributed by atoms with E-state index in [1.165, 1.54) is 11.8 Å². The standard InChI is InChI=1S/C24H21BrCl2N2O3S/c1-15(33-18-6-4-3-5-7-18)24(30)29-28-13-17-10-19(25)23(22(12-17)31-2)32-14-16-8-9-20(26)21(27)11-16/h3-13,15H,14H2,1-2H3,(H,29,30)/b28-13-/t15-/m0/s1. The molecule has 9 heteroatoms. The number of ether oxygens (including phenoxy) is 2. The van der Waals surface area contributed by atoms with Gasteiger partial charge in [0.05, 0.1) is 33.1 Å². The first-order chi connectivity index (χ1) is 15.9. The van der Waals surface area contributed by atoms with Gasteiger partial charge < -0.3 is 9.47 Å². The van der Waals surface area contributed by atoms with Crippen molar-refractivity contribution < 1.29 is 14.3 Å². The average Bonchev–Trinajstić information content (AvgIpc) is 2.80. The summed E-state index contributed by atoms with van der Waals surface area (Å²) >= 11 is 17.0. The van der Waals surface area contributed by atoms with Crippen molar-refractivity contribution in [1.82, 2.24) is 5.43 Å². The molecule has 0 radical (unpaired) electrons. The zero-order chi connectivity index (χ0) is 23.8. The summed E-state index contributed by atoms with van der Waals surface area (Å²) in [7, 11) is 1.55. The van der Waals surface area contributed by atoms with Crippen LogP contribution in [0.25, 0.3) is 0 Å². The van der Waals surface area contributed by atoms with Crippen LogP contribution in [0.5, 0.6) is 11.5 Å². The molecule has 0 unspecified atom stereocenters. The fourth-order valence-corrected chi connectivity index (χ4v) is 4.53. The van der Waals surface area contributed by atoms with Crippen molar-refractivity contribution in [2.45, 2.75) is 23.7 Å². The minimum Gasteiger partial charge on any atom is -0.493 e. The Balaban J connectivity index is 1.62. The number of hydrogen-bond donors (Lipinski definition) is 1. The van der Waals surface area contributed by atoms with E-state index in [0.29, 0.717) is 26.0 Å². The van der Waals surface area contributed by atoms with Crippen LogP contribution >= 0.6 is 50.9 Å². The Labute approximate surface area is 215 Å². The summed E-state index contributed by atoms with van der Waals surface area (Å²) in [6.07, 6.45) is 1.55. The molecule has 0 saturated carbocycles.